The van der Waals surface area contributed by atoms with Crippen LogP contribution >= 0.6 is 0 Å². The first kappa shape index (κ1) is 33.8. The van der Waals surface area contributed by atoms with Gasteiger partial charge in [-0.1, -0.05) is 46.2 Å². The lowest BCUT2D eigenvalue weighted by atomic mass is 9.98. The number of fused-ring (bicyclic) bond motifs is 2. The number of rotatable bonds is 14. The summed E-state index contributed by atoms with van der Waals surface area (Å²) in [5.74, 6) is 0.251. The maximum absolute atomic E-state index is 15.3. The van der Waals surface area contributed by atoms with Gasteiger partial charge in [-0.05, 0) is 47.8 Å². The highest BCUT2D eigenvalue weighted by Gasteiger charge is 2.29. The van der Waals surface area contributed by atoms with Crippen molar-refractivity contribution in [1.82, 2.24) is 29.6 Å². The van der Waals surface area contributed by atoms with Crippen molar-refractivity contribution in [2.45, 2.75) is 84.5 Å². The Morgan fingerprint density at radius 2 is 1.76 bits per heavy atom. The van der Waals surface area contributed by atoms with E-state index in [9.17, 15) is 9.90 Å². The number of benzene rings is 1. The molecule has 1 aliphatic heterocycles. The molecule has 0 spiro atoms. The van der Waals surface area contributed by atoms with Gasteiger partial charge in [0.2, 0.25) is 0 Å². The molecular formula is C32H45FN6O5Si2. The minimum atomic E-state index is -1.29. The molecule has 0 saturated heterocycles. The Bertz CT molecular complexity index is 1690. The van der Waals surface area contributed by atoms with Gasteiger partial charge in [-0.25, -0.2) is 18.9 Å². The average Bonchev–Trinajstić information content (AvgIpc) is 3.65. The molecule has 0 bridgehead atoms. The van der Waals surface area contributed by atoms with Gasteiger partial charge >= 0.3 is 6.09 Å². The summed E-state index contributed by atoms with van der Waals surface area (Å²) in [7, 11) is -2.51. The third kappa shape index (κ3) is 8.03. The van der Waals surface area contributed by atoms with Gasteiger partial charge in [0.15, 0.2) is 24.2 Å². The Hall–Kier alpha value is -3.60. The maximum Gasteiger partial charge on any atom is 0.408 e. The van der Waals surface area contributed by atoms with Gasteiger partial charge in [0.05, 0.1) is 24.5 Å². The largest absolute Gasteiger partial charge is 0.465 e. The smallest absolute Gasteiger partial charge is 0.408 e. The molecule has 0 atom stereocenters. The predicted octanol–water partition coefficient (Wildman–Crippen LogP) is 7.19. The summed E-state index contributed by atoms with van der Waals surface area (Å²) in [5, 5.41) is 14.3. The monoisotopic (exact) mass is 668 g/mol. The van der Waals surface area contributed by atoms with Crippen LogP contribution in [0.5, 0.6) is 5.75 Å². The molecule has 0 radical (unpaired) electrons. The number of H-pyrrole nitrogens is 1. The van der Waals surface area contributed by atoms with Gasteiger partial charge in [0.1, 0.15) is 23.5 Å². The number of hydrogen-bond donors (Lipinski definition) is 2. The third-order valence-corrected chi connectivity index (χ3v) is 11.4. The van der Waals surface area contributed by atoms with E-state index in [-0.39, 0.29) is 32.4 Å². The van der Waals surface area contributed by atoms with Crippen LogP contribution in [0.1, 0.15) is 23.9 Å². The molecule has 1 aliphatic rings. The van der Waals surface area contributed by atoms with E-state index in [1.165, 1.54) is 11.0 Å². The first-order chi connectivity index (χ1) is 21.7. The van der Waals surface area contributed by atoms with Crippen molar-refractivity contribution >= 4 is 33.3 Å². The first-order valence-electron chi connectivity index (χ1n) is 15.8. The first-order valence-corrected chi connectivity index (χ1v) is 23.2. The van der Waals surface area contributed by atoms with Gasteiger partial charge < -0.3 is 24.3 Å². The lowest BCUT2D eigenvalue weighted by molar-refractivity contribution is 0.0197. The number of pyridine rings is 1. The van der Waals surface area contributed by atoms with Crippen molar-refractivity contribution < 1.29 is 28.5 Å². The number of aromatic nitrogens is 5. The molecular weight excluding hydrogens is 624 g/mol. The Morgan fingerprint density at radius 1 is 1.04 bits per heavy atom. The number of nitrogens with zero attached hydrogens (tertiary/aromatic N) is 5. The fourth-order valence-electron chi connectivity index (χ4n) is 5.21. The van der Waals surface area contributed by atoms with Gasteiger partial charge in [-0.2, -0.15) is 5.10 Å². The number of aromatic amines is 1. The molecule has 1 aromatic carbocycles. The van der Waals surface area contributed by atoms with E-state index >= 15 is 4.39 Å². The molecule has 0 fully saturated rings. The molecule has 4 aromatic rings. The SMILES string of the molecule is CCc1cc(OCOCC[Si](C)(C)C)c(F)cc1-c1cnc2c(-c3nc4c([nH]3)CN(C(=O)O)C4)n(COCC[Si](C)(C)C)nc2c1. The number of halogens is 1. The van der Waals surface area contributed by atoms with Crippen LogP contribution in [0, 0.1) is 5.82 Å². The van der Waals surface area contributed by atoms with Crippen LogP contribution in [0.4, 0.5) is 9.18 Å². The number of amides is 1. The molecule has 5 rings (SSSR count). The van der Waals surface area contributed by atoms with Crippen LogP contribution in [-0.4, -0.2) is 77.0 Å². The zero-order valence-corrected chi connectivity index (χ0v) is 29.9. The summed E-state index contributed by atoms with van der Waals surface area (Å²) in [6.45, 7) is 17.6. The van der Waals surface area contributed by atoms with E-state index < -0.39 is 28.1 Å². The molecule has 11 nitrogen and oxygen atoms in total. The number of ether oxygens (including phenoxy) is 3. The Morgan fingerprint density at radius 3 is 2.41 bits per heavy atom. The summed E-state index contributed by atoms with van der Waals surface area (Å²) in [6.07, 6.45) is 1.40. The summed E-state index contributed by atoms with van der Waals surface area (Å²) in [4.78, 5) is 25.6. The number of carbonyl (C=O) groups is 1. The number of aryl methyl sites for hydroxylation is 1. The molecule has 4 heterocycles. The molecule has 2 N–H and O–H groups in total. The lowest BCUT2D eigenvalue weighted by Gasteiger charge is -2.16. The van der Waals surface area contributed by atoms with Gasteiger partial charge in [-0.3, -0.25) is 9.88 Å². The maximum atomic E-state index is 15.3. The minimum absolute atomic E-state index is 0.00217. The zero-order chi connectivity index (χ0) is 33.2. The number of hydrogen-bond acceptors (Lipinski definition) is 7. The van der Waals surface area contributed by atoms with Crippen LogP contribution in [0.15, 0.2) is 24.4 Å². The lowest BCUT2D eigenvalue weighted by Crippen LogP contribution is -2.23. The summed E-state index contributed by atoms with van der Waals surface area (Å²) < 4.78 is 34.4. The van der Waals surface area contributed by atoms with E-state index in [1.807, 2.05) is 13.0 Å². The Labute approximate surface area is 271 Å². The van der Waals surface area contributed by atoms with Gasteiger partial charge in [0, 0.05) is 41.1 Å². The van der Waals surface area contributed by atoms with Gasteiger partial charge in [-0.15, -0.1) is 0 Å². The van der Waals surface area contributed by atoms with Crippen LogP contribution < -0.4 is 4.74 Å². The highest BCUT2D eigenvalue weighted by atomic mass is 28.3. The van der Waals surface area contributed by atoms with Crippen molar-refractivity contribution in [2.24, 2.45) is 0 Å². The molecule has 46 heavy (non-hydrogen) atoms. The van der Waals surface area contributed by atoms with Crippen molar-refractivity contribution in [1.29, 1.82) is 0 Å². The summed E-state index contributed by atoms with van der Waals surface area (Å²) in [6, 6.07) is 7.16. The topological polar surface area (TPSA) is 128 Å². The quantitative estimate of drug-likeness (QED) is 0.0822. The van der Waals surface area contributed by atoms with Crippen LogP contribution in [0.25, 0.3) is 33.7 Å². The standard InChI is InChI=1S/C32H45FN6O5Si2/c1-8-21-14-28(44-20-43-10-12-46(5,6)7)24(33)15-23(21)22-13-25-29(34-16-22)30(39(37-25)19-42-9-11-45(2,3)4)31-35-26-17-38(32(40)41)18-27(26)36-31/h13-16H,8-12,17-20H2,1-7H3,(H,35,36)(H,40,41). The number of nitrogens with one attached hydrogen (secondary N) is 1. The molecule has 0 saturated carbocycles. The van der Waals surface area contributed by atoms with Crippen molar-refractivity contribution in [3.05, 3.63) is 47.2 Å². The van der Waals surface area contributed by atoms with Crippen LogP contribution in [0.2, 0.25) is 51.4 Å². The molecule has 0 unspecified atom stereocenters. The van der Waals surface area contributed by atoms with E-state index in [1.54, 1.807) is 16.9 Å². The highest BCUT2D eigenvalue weighted by molar-refractivity contribution is 6.76. The fraction of sp³-hybridized carbons (Fsp3) is 0.500. The minimum Gasteiger partial charge on any atom is -0.465 e. The second-order valence-electron chi connectivity index (χ2n) is 14.2. The predicted molar refractivity (Wildman–Crippen MR) is 181 cm³/mol. The summed E-state index contributed by atoms with van der Waals surface area (Å²) >= 11 is 0. The van der Waals surface area contributed by atoms with E-state index in [0.717, 1.165) is 34.5 Å². The molecule has 14 heteroatoms. The van der Waals surface area contributed by atoms with E-state index in [0.29, 0.717) is 47.9 Å². The van der Waals surface area contributed by atoms with Crippen LogP contribution in [0.3, 0.4) is 0 Å². The zero-order valence-electron chi connectivity index (χ0n) is 27.9. The van der Waals surface area contributed by atoms with E-state index in [2.05, 4.69) is 44.3 Å². The number of imidazole rings is 1. The molecule has 1 amide bonds. The van der Waals surface area contributed by atoms with Crippen LogP contribution in [-0.2, 0) is 35.7 Å². The molecule has 3 aromatic heterocycles. The van der Waals surface area contributed by atoms with E-state index in [4.69, 9.17) is 29.3 Å². The average molecular weight is 669 g/mol. The normalized spacial score (nSPS) is 13.5. The van der Waals surface area contributed by atoms with Crippen molar-refractivity contribution in [2.75, 3.05) is 20.0 Å². The molecule has 0 aliphatic carbocycles. The van der Waals surface area contributed by atoms with Crippen molar-refractivity contribution in [3.8, 4) is 28.4 Å². The van der Waals surface area contributed by atoms with Crippen molar-refractivity contribution in [3.63, 3.8) is 0 Å². The Kier molecular flexibility index (Phi) is 10.0. The van der Waals surface area contributed by atoms with Gasteiger partial charge in [0.25, 0.3) is 0 Å². The highest BCUT2D eigenvalue weighted by Crippen LogP contribution is 2.34. The second-order valence-corrected chi connectivity index (χ2v) is 25.5. The Balaban J connectivity index is 1.43. The summed E-state index contributed by atoms with van der Waals surface area (Å²) in [5.41, 5.74) is 5.69. The fourth-order valence-corrected chi connectivity index (χ4v) is 6.72. The third-order valence-electron chi connectivity index (χ3n) is 7.98. The number of carboxylic acid groups (broad SMARTS) is 1. The molecule has 248 valence electrons. The second kappa shape index (κ2) is 13.6.